The molecular weight excluding hydrogens is 430 g/mol. The number of thioether (sulfide) groups is 1. The topological polar surface area (TPSA) is 20.3 Å². The summed E-state index contributed by atoms with van der Waals surface area (Å²) in [5, 5.41) is 0. The molecule has 2 aliphatic rings. The normalized spacial score (nSPS) is 26.9. The molecule has 2 unspecified atom stereocenters. The monoisotopic (exact) mass is 465 g/mol. The van der Waals surface area contributed by atoms with E-state index in [9.17, 15) is 4.79 Å². The average molecular weight is 467 g/mol. The van der Waals surface area contributed by atoms with Gasteiger partial charge in [0.1, 0.15) is 0 Å². The predicted octanol–water partition coefficient (Wildman–Crippen LogP) is 6.25. The summed E-state index contributed by atoms with van der Waals surface area (Å²) < 4.78 is 0. The van der Waals surface area contributed by atoms with Crippen molar-refractivity contribution in [3.05, 3.63) is 41.0 Å². The number of hydrogen-bond donors (Lipinski definition) is 0. The van der Waals surface area contributed by atoms with Gasteiger partial charge in [-0.2, -0.15) is 11.8 Å². The zero-order chi connectivity index (χ0) is 19.7. The van der Waals surface area contributed by atoms with Gasteiger partial charge in [0.15, 0.2) is 5.78 Å². The van der Waals surface area contributed by atoms with Crippen LogP contribution in [0, 0.1) is 16.7 Å². The van der Waals surface area contributed by atoms with Crippen molar-refractivity contribution in [3.8, 4) is 0 Å². The number of rotatable bonds is 8. The van der Waals surface area contributed by atoms with Gasteiger partial charge in [0.2, 0.25) is 0 Å². The molecule has 0 heterocycles. The molecule has 3 rings (SSSR count). The Balaban J connectivity index is 0.00000280. The van der Waals surface area contributed by atoms with Gasteiger partial charge in [-0.3, -0.25) is 4.79 Å². The molecule has 2 atom stereocenters. The highest BCUT2D eigenvalue weighted by Gasteiger charge is 2.63. The largest absolute Gasteiger partial charge is 0.303 e. The molecule has 4 heteroatoms. The third-order valence-corrected chi connectivity index (χ3v) is 8.39. The van der Waals surface area contributed by atoms with E-state index in [0.717, 1.165) is 37.3 Å². The number of benzene rings is 1. The van der Waals surface area contributed by atoms with E-state index in [4.69, 9.17) is 0 Å². The highest BCUT2D eigenvalue weighted by Crippen LogP contribution is 2.65. The second kappa shape index (κ2) is 9.49. The van der Waals surface area contributed by atoms with Crippen molar-refractivity contribution in [1.29, 1.82) is 0 Å². The number of Topliss-reactive ketones (excluding diaryl/α,β-unsaturated/α-hetero) is 1. The third kappa shape index (κ3) is 4.29. The number of carbonyl (C=O) groups excluding carboxylic acids is 1. The van der Waals surface area contributed by atoms with Gasteiger partial charge in [0.25, 0.3) is 0 Å². The molecule has 0 saturated heterocycles. The number of hydrogen-bond acceptors (Lipinski definition) is 3. The van der Waals surface area contributed by atoms with E-state index in [0.29, 0.717) is 11.7 Å². The van der Waals surface area contributed by atoms with Crippen molar-refractivity contribution < 1.29 is 4.79 Å². The van der Waals surface area contributed by atoms with Gasteiger partial charge in [-0.05, 0) is 60.0 Å². The van der Waals surface area contributed by atoms with Crippen molar-refractivity contribution in [2.24, 2.45) is 16.7 Å². The van der Waals surface area contributed by atoms with Crippen molar-refractivity contribution in [1.82, 2.24) is 4.90 Å². The lowest BCUT2D eigenvalue weighted by molar-refractivity contribution is -0.125. The van der Waals surface area contributed by atoms with Crippen LogP contribution in [-0.4, -0.2) is 36.1 Å². The van der Waals surface area contributed by atoms with Gasteiger partial charge >= 0.3 is 0 Å². The summed E-state index contributed by atoms with van der Waals surface area (Å²) in [7, 11) is 0. The maximum absolute atomic E-state index is 13.0. The minimum absolute atomic E-state index is 0. The van der Waals surface area contributed by atoms with Crippen LogP contribution in [0.2, 0.25) is 0 Å². The first-order valence-corrected chi connectivity index (χ1v) is 11.6. The van der Waals surface area contributed by atoms with E-state index in [1.54, 1.807) is 0 Å². The van der Waals surface area contributed by atoms with Gasteiger partial charge in [-0.1, -0.05) is 58.9 Å². The lowest BCUT2D eigenvalue weighted by Crippen LogP contribution is -2.32. The molecule has 1 aromatic rings. The van der Waals surface area contributed by atoms with Crippen molar-refractivity contribution in [2.75, 3.05) is 25.4 Å². The minimum Gasteiger partial charge on any atom is -0.303 e. The van der Waals surface area contributed by atoms with Crippen LogP contribution < -0.4 is 0 Å². The van der Waals surface area contributed by atoms with Crippen LogP contribution >= 0.6 is 28.7 Å². The fourth-order valence-electron chi connectivity index (χ4n) is 4.91. The summed E-state index contributed by atoms with van der Waals surface area (Å²) >= 11 is 2.00. The number of halogens is 1. The van der Waals surface area contributed by atoms with Crippen LogP contribution in [0.25, 0.3) is 6.08 Å². The van der Waals surface area contributed by atoms with Crippen LogP contribution in [0.3, 0.4) is 0 Å². The van der Waals surface area contributed by atoms with Crippen LogP contribution in [0.15, 0.2) is 29.8 Å². The molecule has 0 aromatic heterocycles. The highest BCUT2D eigenvalue weighted by molar-refractivity contribution is 8.93. The summed E-state index contributed by atoms with van der Waals surface area (Å²) in [6.07, 6.45) is 4.36. The predicted molar refractivity (Wildman–Crippen MR) is 128 cm³/mol. The van der Waals surface area contributed by atoms with Crippen molar-refractivity contribution in [2.45, 2.75) is 53.2 Å². The fourth-order valence-corrected chi connectivity index (χ4v) is 5.87. The number of nitrogens with zero attached hydrogens (tertiary/aromatic N) is 1. The number of carbonyl (C=O) groups is 1. The summed E-state index contributed by atoms with van der Waals surface area (Å²) in [5.41, 5.74) is 3.54. The zero-order valence-corrected chi connectivity index (χ0v) is 20.6. The SMILES string of the molecule is Br.CCN(CC)CCSCc1ccc(/C=C2/C(=O)C3(C)CCC2C3(C)C)cc1. The van der Waals surface area contributed by atoms with E-state index in [2.05, 4.69) is 69.9 Å². The Labute approximate surface area is 186 Å². The molecule has 28 heavy (non-hydrogen) atoms. The standard InChI is InChI=1S/C24H35NOS.BrH/c1-6-25(7-2)14-15-27-17-19-10-8-18(9-11-19)16-20-21-12-13-24(5,22(20)26)23(21,3)4;/h8-11,16,21H,6-7,12-15,17H2,1-5H3;1H/b20-16+;. The number of allylic oxidation sites excluding steroid dienone is 1. The van der Waals surface area contributed by atoms with E-state index in [-0.39, 0.29) is 27.8 Å². The Bertz CT molecular complexity index is 708. The van der Waals surface area contributed by atoms with Crippen LogP contribution in [0.1, 0.15) is 58.6 Å². The summed E-state index contributed by atoms with van der Waals surface area (Å²) in [6.45, 7) is 14.6. The molecule has 2 bridgehead atoms. The molecule has 0 aliphatic heterocycles. The third-order valence-electron chi connectivity index (χ3n) is 7.38. The Morgan fingerprint density at radius 2 is 1.79 bits per heavy atom. The van der Waals surface area contributed by atoms with Gasteiger partial charge in [-0.25, -0.2) is 0 Å². The number of ketones is 1. The van der Waals surface area contributed by atoms with E-state index >= 15 is 0 Å². The molecule has 2 aliphatic carbocycles. The van der Waals surface area contributed by atoms with Crippen molar-refractivity contribution in [3.63, 3.8) is 0 Å². The quantitative estimate of drug-likeness (QED) is 0.334. The summed E-state index contributed by atoms with van der Waals surface area (Å²) in [5.74, 6) is 3.05. The molecule has 1 aromatic carbocycles. The van der Waals surface area contributed by atoms with Crippen LogP contribution in [-0.2, 0) is 10.5 Å². The molecule has 2 nitrogen and oxygen atoms in total. The molecule has 0 N–H and O–H groups in total. The smallest absolute Gasteiger partial charge is 0.165 e. The Kier molecular flexibility index (Phi) is 8.03. The Morgan fingerprint density at radius 1 is 1.14 bits per heavy atom. The Morgan fingerprint density at radius 3 is 2.32 bits per heavy atom. The van der Waals surface area contributed by atoms with Crippen molar-refractivity contribution >= 4 is 40.6 Å². The lowest BCUT2D eigenvalue weighted by Gasteiger charge is -2.31. The molecule has 0 spiro atoms. The second-order valence-corrected chi connectivity index (χ2v) is 10.0. The lowest BCUT2D eigenvalue weighted by atomic mass is 9.70. The molecule has 2 saturated carbocycles. The van der Waals surface area contributed by atoms with Gasteiger partial charge in [0, 0.05) is 23.5 Å². The molecule has 0 amide bonds. The van der Waals surface area contributed by atoms with Gasteiger partial charge < -0.3 is 4.90 Å². The van der Waals surface area contributed by atoms with E-state index in [1.807, 2.05) is 11.8 Å². The van der Waals surface area contributed by atoms with Gasteiger partial charge in [-0.15, -0.1) is 17.0 Å². The van der Waals surface area contributed by atoms with E-state index in [1.165, 1.54) is 23.4 Å². The first-order chi connectivity index (χ1) is 12.8. The minimum atomic E-state index is -0.162. The summed E-state index contributed by atoms with van der Waals surface area (Å²) in [4.78, 5) is 15.4. The van der Waals surface area contributed by atoms with E-state index < -0.39 is 0 Å². The highest BCUT2D eigenvalue weighted by atomic mass is 79.9. The fraction of sp³-hybridized carbons (Fsp3) is 0.625. The first-order valence-electron chi connectivity index (χ1n) is 10.5. The zero-order valence-electron chi connectivity index (χ0n) is 18.1. The second-order valence-electron chi connectivity index (χ2n) is 8.89. The number of fused-ring (bicyclic) bond motifs is 2. The maximum atomic E-state index is 13.0. The van der Waals surface area contributed by atoms with Crippen LogP contribution in [0.4, 0.5) is 0 Å². The van der Waals surface area contributed by atoms with Crippen LogP contribution in [0.5, 0.6) is 0 Å². The van der Waals surface area contributed by atoms with Gasteiger partial charge in [0.05, 0.1) is 0 Å². The first kappa shape index (κ1) is 23.7. The maximum Gasteiger partial charge on any atom is 0.165 e. The average Bonchev–Trinajstić information content (AvgIpc) is 2.97. The Hall–Kier alpha value is -0.580. The summed E-state index contributed by atoms with van der Waals surface area (Å²) in [6, 6.07) is 8.81. The molecular formula is C24H36BrNOS. The molecule has 0 radical (unpaired) electrons. The molecule has 156 valence electrons. The molecule has 2 fully saturated rings.